The normalized spacial score (nSPS) is 10.2. The lowest BCUT2D eigenvalue weighted by atomic mass is 10.1. The van der Waals surface area contributed by atoms with E-state index in [1.165, 1.54) is 13.3 Å². The Morgan fingerprint density at radius 2 is 1.96 bits per heavy atom. The van der Waals surface area contributed by atoms with Crippen molar-refractivity contribution in [3.63, 3.8) is 0 Å². The van der Waals surface area contributed by atoms with Gasteiger partial charge in [-0.3, -0.25) is 9.78 Å². The number of nitrogens with two attached hydrogens (primary N) is 1. The Bertz CT molecular complexity index is 869. The first-order valence-electron chi connectivity index (χ1n) is 7.07. The van der Waals surface area contributed by atoms with Crippen LogP contribution >= 0.6 is 0 Å². The molecule has 2 aromatic heterocycles. The van der Waals surface area contributed by atoms with E-state index in [1.54, 1.807) is 18.5 Å². The molecule has 0 saturated heterocycles. The Hall–Kier alpha value is -3.48. The number of primary amides is 1. The largest absolute Gasteiger partial charge is 0.467 e. The molecule has 0 aliphatic heterocycles. The highest BCUT2D eigenvalue weighted by Crippen LogP contribution is 2.33. The summed E-state index contributed by atoms with van der Waals surface area (Å²) in [5, 5.41) is 0. The van der Waals surface area contributed by atoms with Crippen molar-refractivity contribution in [1.82, 2.24) is 15.0 Å². The predicted molar refractivity (Wildman–Crippen MR) is 86.8 cm³/mol. The summed E-state index contributed by atoms with van der Waals surface area (Å²) in [7, 11) is 1.42. The maximum atomic E-state index is 11.6. The second kappa shape index (κ2) is 6.74. The molecule has 1 amide bonds. The van der Waals surface area contributed by atoms with Gasteiger partial charge in [-0.15, -0.1) is 0 Å². The van der Waals surface area contributed by atoms with E-state index in [2.05, 4.69) is 15.0 Å². The summed E-state index contributed by atoms with van der Waals surface area (Å²) in [6.45, 7) is 0. The molecule has 0 radical (unpaired) electrons. The van der Waals surface area contributed by atoms with E-state index in [4.69, 9.17) is 15.2 Å². The van der Waals surface area contributed by atoms with E-state index in [9.17, 15) is 4.79 Å². The van der Waals surface area contributed by atoms with E-state index in [0.29, 0.717) is 5.75 Å². The number of rotatable bonds is 5. The van der Waals surface area contributed by atoms with Gasteiger partial charge >= 0.3 is 6.01 Å². The molecule has 0 bridgehead atoms. The zero-order valence-electron chi connectivity index (χ0n) is 12.8. The summed E-state index contributed by atoms with van der Waals surface area (Å²) in [6.07, 6.45) is 4.68. The molecule has 0 saturated carbocycles. The Labute approximate surface area is 138 Å². The number of carbonyl (C=O) groups is 1. The van der Waals surface area contributed by atoms with Crippen molar-refractivity contribution >= 4 is 5.91 Å². The number of hydrogen-bond acceptors (Lipinski definition) is 6. The van der Waals surface area contributed by atoms with Crippen molar-refractivity contribution in [2.45, 2.75) is 0 Å². The van der Waals surface area contributed by atoms with Crippen LogP contribution in [0.5, 0.6) is 17.6 Å². The molecule has 2 heterocycles. The first kappa shape index (κ1) is 15.4. The average molecular weight is 322 g/mol. The molecular formula is C17H14N4O3. The number of ether oxygens (including phenoxy) is 2. The number of methoxy groups -OCH3 is 1. The van der Waals surface area contributed by atoms with Crippen molar-refractivity contribution < 1.29 is 14.3 Å². The van der Waals surface area contributed by atoms with Crippen LogP contribution in [0.1, 0.15) is 10.4 Å². The highest BCUT2D eigenvalue weighted by molar-refractivity contribution is 5.94. The first-order chi connectivity index (χ1) is 11.7. The van der Waals surface area contributed by atoms with Crippen LogP contribution < -0.4 is 15.2 Å². The molecule has 0 atom stereocenters. The Balaban J connectivity index is 2.05. The van der Waals surface area contributed by atoms with Gasteiger partial charge in [-0.05, 0) is 12.1 Å². The van der Waals surface area contributed by atoms with Gasteiger partial charge in [0.1, 0.15) is 11.3 Å². The predicted octanol–water partition coefficient (Wildman–Crippen LogP) is 2.44. The van der Waals surface area contributed by atoms with Crippen molar-refractivity contribution in [3.8, 4) is 28.8 Å². The molecule has 2 N–H and O–H groups in total. The summed E-state index contributed by atoms with van der Waals surface area (Å²) < 4.78 is 10.8. The van der Waals surface area contributed by atoms with E-state index in [1.807, 2.05) is 30.3 Å². The number of pyridine rings is 1. The summed E-state index contributed by atoms with van der Waals surface area (Å²) >= 11 is 0. The third-order valence-corrected chi connectivity index (χ3v) is 3.25. The minimum atomic E-state index is -0.688. The maximum Gasteiger partial charge on any atom is 0.319 e. The fourth-order valence-corrected chi connectivity index (χ4v) is 2.12. The molecule has 7 heteroatoms. The third-order valence-electron chi connectivity index (χ3n) is 3.25. The zero-order chi connectivity index (χ0) is 16.9. The maximum absolute atomic E-state index is 11.6. The van der Waals surface area contributed by atoms with Crippen molar-refractivity contribution in [2.75, 3.05) is 7.11 Å². The van der Waals surface area contributed by atoms with E-state index in [0.717, 1.165) is 11.1 Å². The quantitative estimate of drug-likeness (QED) is 0.774. The molecule has 3 aromatic rings. The highest BCUT2D eigenvalue weighted by atomic mass is 16.5. The Kier molecular flexibility index (Phi) is 4.33. The number of para-hydroxylation sites is 1. The van der Waals surface area contributed by atoms with Crippen molar-refractivity contribution in [2.24, 2.45) is 5.73 Å². The average Bonchev–Trinajstić information content (AvgIpc) is 2.62. The van der Waals surface area contributed by atoms with Gasteiger partial charge in [0.2, 0.25) is 5.88 Å². The van der Waals surface area contributed by atoms with Gasteiger partial charge in [0.25, 0.3) is 5.91 Å². The lowest BCUT2D eigenvalue weighted by molar-refractivity contribution is 0.0997. The van der Waals surface area contributed by atoms with Crippen LogP contribution in [0.15, 0.2) is 55.0 Å². The fourth-order valence-electron chi connectivity index (χ4n) is 2.12. The van der Waals surface area contributed by atoms with Gasteiger partial charge in [-0.1, -0.05) is 24.3 Å². The Morgan fingerprint density at radius 3 is 2.67 bits per heavy atom. The van der Waals surface area contributed by atoms with Gasteiger partial charge < -0.3 is 15.2 Å². The number of nitrogens with zero attached hydrogens (tertiary/aromatic N) is 3. The fraction of sp³-hybridized carbons (Fsp3) is 0.0588. The first-order valence-corrected chi connectivity index (χ1v) is 7.07. The molecule has 0 unspecified atom stereocenters. The van der Waals surface area contributed by atoms with E-state index >= 15 is 0 Å². The molecule has 0 fully saturated rings. The molecule has 0 aliphatic carbocycles. The zero-order valence-corrected chi connectivity index (χ0v) is 12.8. The molecule has 3 rings (SSSR count). The minimum Gasteiger partial charge on any atom is -0.467 e. The minimum absolute atomic E-state index is 0.0330. The van der Waals surface area contributed by atoms with Crippen LogP contribution in [0, 0.1) is 0 Å². The van der Waals surface area contributed by atoms with Gasteiger partial charge in [-0.2, -0.15) is 4.98 Å². The van der Waals surface area contributed by atoms with Crippen molar-refractivity contribution in [1.29, 1.82) is 0 Å². The Morgan fingerprint density at radius 1 is 1.12 bits per heavy atom. The van der Waals surface area contributed by atoms with E-state index < -0.39 is 5.91 Å². The molecule has 0 aliphatic rings. The topological polar surface area (TPSA) is 100 Å². The summed E-state index contributed by atoms with van der Waals surface area (Å²) in [5.74, 6) is -0.147. The second-order valence-corrected chi connectivity index (χ2v) is 4.78. The van der Waals surface area contributed by atoms with Crippen LogP contribution in [0.3, 0.4) is 0 Å². The lowest BCUT2D eigenvalue weighted by Crippen LogP contribution is -2.14. The smallest absolute Gasteiger partial charge is 0.319 e. The summed E-state index contributed by atoms with van der Waals surface area (Å²) in [5.41, 5.74) is 7.10. The van der Waals surface area contributed by atoms with Crippen molar-refractivity contribution in [3.05, 3.63) is 60.6 Å². The number of aromatic nitrogens is 3. The summed E-state index contributed by atoms with van der Waals surface area (Å²) in [6, 6.07) is 11.2. The number of hydrogen-bond donors (Lipinski definition) is 1. The van der Waals surface area contributed by atoms with Crippen LogP contribution in [0.25, 0.3) is 11.1 Å². The SMILES string of the molecule is COc1ncc(C(N)=O)c(Oc2ccccc2-c2cccnc2)n1. The molecule has 1 aromatic carbocycles. The third kappa shape index (κ3) is 3.14. The number of benzene rings is 1. The van der Waals surface area contributed by atoms with Crippen LogP contribution in [-0.4, -0.2) is 28.0 Å². The van der Waals surface area contributed by atoms with Gasteiger partial charge in [-0.25, -0.2) is 4.98 Å². The second-order valence-electron chi connectivity index (χ2n) is 4.78. The number of carbonyl (C=O) groups excluding carboxylic acids is 1. The summed E-state index contributed by atoms with van der Waals surface area (Å²) in [4.78, 5) is 23.6. The molecule has 7 nitrogen and oxygen atoms in total. The van der Waals surface area contributed by atoms with Crippen LogP contribution in [-0.2, 0) is 0 Å². The van der Waals surface area contributed by atoms with E-state index in [-0.39, 0.29) is 17.5 Å². The molecule has 120 valence electrons. The number of amides is 1. The highest BCUT2D eigenvalue weighted by Gasteiger charge is 2.16. The lowest BCUT2D eigenvalue weighted by Gasteiger charge is -2.12. The van der Waals surface area contributed by atoms with Crippen LogP contribution in [0.4, 0.5) is 0 Å². The monoisotopic (exact) mass is 322 g/mol. The van der Waals surface area contributed by atoms with Gasteiger partial charge in [0, 0.05) is 23.5 Å². The standard InChI is InChI=1S/C17H14N4O3/c1-23-17-20-10-13(15(18)22)16(21-17)24-14-7-3-2-6-12(14)11-5-4-8-19-9-11/h2-10H,1H3,(H2,18,22). The van der Waals surface area contributed by atoms with Crippen LogP contribution in [0.2, 0.25) is 0 Å². The van der Waals surface area contributed by atoms with Gasteiger partial charge in [0.15, 0.2) is 0 Å². The molecular weight excluding hydrogens is 308 g/mol. The van der Waals surface area contributed by atoms with Gasteiger partial charge in [0.05, 0.1) is 13.3 Å². The molecule has 24 heavy (non-hydrogen) atoms. The molecule has 0 spiro atoms.